The molecular weight excluding hydrogens is 252 g/mol. The van der Waals surface area contributed by atoms with Crippen LogP contribution >= 0.6 is 0 Å². The fraction of sp³-hybridized carbons (Fsp3) is 0.333. The highest BCUT2D eigenvalue weighted by Gasteiger charge is 2.08. The van der Waals surface area contributed by atoms with E-state index < -0.39 is 5.91 Å². The number of nitrogens with one attached hydrogen (secondary N) is 2. The summed E-state index contributed by atoms with van der Waals surface area (Å²) in [4.78, 5) is 13.9. The van der Waals surface area contributed by atoms with Crippen LogP contribution in [0.3, 0.4) is 0 Å². The number of carbonyl (C=O) groups excluding carboxylic acids is 1. The third-order valence-corrected chi connectivity index (χ3v) is 2.62. The van der Waals surface area contributed by atoms with Gasteiger partial charge in [-0.1, -0.05) is 17.7 Å². The van der Waals surface area contributed by atoms with Crippen molar-refractivity contribution in [2.75, 3.05) is 32.5 Å². The zero-order chi connectivity index (χ0) is 15.0. The summed E-state index contributed by atoms with van der Waals surface area (Å²) in [7, 11) is 3.92. The lowest BCUT2D eigenvalue weighted by Gasteiger charge is -2.09. The van der Waals surface area contributed by atoms with Gasteiger partial charge >= 0.3 is 0 Å². The van der Waals surface area contributed by atoms with Crippen LogP contribution < -0.4 is 10.6 Å². The number of benzene rings is 1. The largest absolute Gasteiger partial charge is 0.388 e. The van der Waals surface area contributed by atoms with E-state index >= 15 is 0 Å². The van der Waals surface area contributed by atoms with Crippen LogP contribution in [0.4, 0.5) is 5.69 Å². The second kappa shape index (κ2) is 7.97. The lowest BCUT2D eigenvalue weighted by atomic mass is 10.2. The number of hydrogen-bond donors (Lipinski definition) is 2. The molecule has 0 atom stereocenters. The number of anilines is 1. The molecule has 1 aromatic rings. The molecule has 0 saturated heterocycles. The van der Waals surface area contributed by atoms with Crippen molar-refractivity contribution in [2.24, 2.45) is 0 Å². The zero-order valence-corrected chi connectivity index (χ0v) is 12.1. The van der Waals surface area contributed by atoms with Crippen LogP contribution in [0.1, 0.15) is 5.56 Å². The lowest BCUT2D eigenvalue weighted by molar-refractivity contribution is -0.112. The molecule has 0 unspecified atom stereocenters. The van der Waals surface area contributed by atoms with Crippen molar-refractivity contribution < 1.29 is 4.79 Å². The normalized spacial score (nSPS) is 11.1. The quantitative estimate of drug-likeness (QED) is 0.468. The van der Waals surface area contributed by atoms with Crippen molar-refractivity contribution >= 4 is 11.6 Å². The molecule has 0 aliphatic heterocycles. The third-order valence-electron chi connectivity index (χ3n) is 2.62. The average molecular weight is 272 g/mol. The van der Waals surface area contributed by atoms with Crippen molar-refractivity contribution in [1.29, 1.82) is 5.26 Å². The van der Waals surface area contributed by atoms with Gasteiger partial charge in [-0.25, -0.2) is 0 Å². The van der Waals surface area contributed by atoms with Crippen LogP contribution in [0.2, 0.25) is 0 Å². The van der Waals surface area contributed by atoms with Gasteiger partial charge in [-0.3, -0.25) is 4.79 Å². The Labute approximate surface area is 119 Å². The Kier molecular flexibility index (Phi) is 6.27. The Hall–Kier alpha value is -2.32. The fourth-order valence-electron chi connectivity index (χ4n) is 1.45. The first-order valence-electron chi connectivity index (χ1n) is 6.39. The van der Waals surface area contributed by atoms with Gasteiger partial charge in [-0.05, 0) is 33.2 Å². The van der Waals surface area contributed by atoms with E-state index in [0.717, 1.165) is 12.1 Å². The van der Waals surface area contributed by atoms with Crippen LogP contribution in [0.15, 0.2) is 36.0 Å². The van der Waals surface area contributed by atoms with E-state index in [2.05, 4.69) is 10.6 Å². The van der Waals surface area contributed by atoms with E-state index in [1.165, 1.54) is 6.20 Å². The van der Waals surface area contributed by atoms with E-state index in [1.54, 1.807) is 0 Å². The number of hydrogen-bond acceptors (Lipinski definition) is 4. The van der Waals surface area contributed by atoms with E-state index in [9.17, 15) is 4.79 Å². The van der Waals surface area contributed by atoms with E-state index in [0.29, 0.717) is 12.2 Å². The molecule has 0 radical (unpaired) electrons. The van der Waals surface area contributed by atoms with Crippen molar-refractivity contribution in [3.63, 3.8) is 0 Å². The second-order valence-electron chi connectivity index (χ2n) is 4.75. The predicted molar refractivity (Wildman–Crippen MR) is 80.1 cm³/mol. The van der Waals surface area contributed by atoms with Gasteiger partial charge in [0.15, 0.2) is 0 Å². The Balaban J connectivity index is 2.56. The summed E-state index contributed by atoms with van der Waals surface area (Å²) in [6.07, 6.45) is 1.45. The molecule has 20 heavy (non-hydrogen) atoms. The molecule has 1 amide bonds. The summed E-state index contributed by atoms with van der Waals surface area (Å²) in [5.41, 5.74) is 1.85. The first kappa shape index (κ1) is 15.7. The lowest BCUT2D eigenvalue weighted by Crippen LogP contribution is -2.24. The number of aryl methyl sites for hydroxylation is 1. The third kappa shape index (κ3) is 5.55. The second-order valence-corrected chi connectivity index (χ2v) is 4.75. The van der Waals surface area contributed by atoms with Crippen molar-refractivity contribution in [3.8, 4) is 6.07 Å². The standard InChI is InChI=1S/C15H20N4O/c1-12-4-6-14(7-5-12)18-15(20)13(10-16)11-17-8-9-19(2)3/h4-7,11,17H,8-9H2,1-3H3,(H,18,20)/b13-11-. The summed E-state index contributed by atoms with van der Waals surface area (Å²) >= 11 is 0. The first-order chi connectivity index (χ1) is 9.52. The summed E-state index contributed by atoms with van der Waals surface area (Å²) in [5, 5.41) is 14.6. The summed E-state index contributed by atoms with van der Waals surface area (Å²) in [6, 6.07) is 9.32. The highest BCUT2D eigenvalue weighted by atomic mass is 16.1. The van der Waals surface area contributed by atoms with Gasteiger partial charge < -0.3 is 15.5 Å². The topological polar surface area (TPSA) is 68.2 Å². The zero-order valence-electron chi connectivity index (χ0n) is 12.1. The monoisotopic (exact) mass is 272 g/mol. The molecule has 0 spiro atoms. The summed E-state index contributed by atoms with van der Waals surface area (Å²) < 4.78 is 0. The Morgan fingerprint density at radius 1 is 1.35 bits per heavy atom. The highest BCUT2D eigenvalue weighted by Crippen LogP contribution is 2.09. The predicted octanol–water partition coefficient (Wildman–Crippen LogP) is 1.49. The van der Waals surface area contributed by atoms with Gasteiger partial charge in [0, 0.05) is 25.0 Å². The average Bonchev–Trinajstić information content (AvgIpc) is 2.41. The van der Waals surface area contributed by atoms with Crippen LogP contribution in [-0.2, 0) is 4.79 Å². The molecule has 0 aliphatic carbocycles. The Bertz CT molecular complexity index is 512. The smallest absolute Gasteiger partial charge is 0.267 e. The van der Waals surface area contributed by atoms with Crippen LogP contribution in [0, 0.1) is 18.3 Å². The van der Waals surface area contributed by atoms with Gasteiger partial charge in [0.2, 0.25) is 0 Å². The molecule has 2 N–H and O–H groups in total. The summed E-state index contributed by atoms with van der Waals surface area (Å²) in [6.45, 7) is 3.48. The maximum absolute atomic E-state index is 11.9. The molecular formula is C15H20N4O. The van der Waals surface area contributed by atoms with Crippen LogP contribution in [-0.4, -0.2) is 38.0 Å². The molecule has 5 nitrogen and oxygen atoms in total. The number of carbonyl (C=O) groups is 1. The van der Waals surface area contributed by atoms with E-state index in [1.807, 2.05) is 56.3 Å². The maximum Gasteiger partial charge on any atom is 0.267 e. The number of rotatable bonds is 6. The molecule has 1 rings (SSSR count). The minimum absolute atomic E-state index is 0.0596. The maximum atomic E-state index is 11.9. The Morgan fingerprint density at radius 3 is 2.55 bits per heavy atom. The first-order valence-corrected chi connectivity index (χ1v) is 6.39. The van der Waals surface area contributed by atoms with Crippen LogP contribution in [0.25, 0.3) is 0 Å². The van der Waals surface area contributed by atoms with Crippen molar-refractivity contribution in [1.82, 2.24) is 10.2 Å². The van der Waals surface area contributed by atoms with Gasteiger partial charge in [-0.15, -0.1) is 0 Å². The minimum atomic E-state index is -0.409. The van der Waals surface area contributed by atoms with Gasteiger partial charge in [0.25, 0.3) is 5.91 Å². The van der Waals surface area contributed by atoms with E-state index in [4.69, 9.17) is 5.26 Å². The van der Waals surface area contributed by atoms with Crippen molar-refractivity contribution in [2.45, 2.75) is 6.92 Å². The number of nitrogens with zero attached hydrogens (tertiary/aromatic N) is 2. The summed E-state index contributed by atoms with van der Waals surface area (Å²) in [5.74, 6) is -0.409. The van der Waals surface area contributed by atoms with Crippen LogP contribution in [0.5, 0.6) is 0 Å². The molecule has 0 heterocycles. The van der Waals surface area contributed by atoms with Gasteiger partial charge in [0.1, 0.15) is 11.6 Å². The minimum Gasteiger partial charge on any atom is -0.388 e. The molecule has 0 aromatic heterocycles. The van der Waals surface area contributed by atoms with E-state index in [-0.39, 0.29) is 5.57 Å². The molecule has 0 bridgehead atoms. The number of likely N-dealkylation sites (N-methyl/N-ethyl adjacent to an activating group) is 1. The molecule has 0 fully saturated rings. The molecule has 106 valence electrons. The van der Waals surface area contributed by atoms with Gasteiger partial charge in [0.05, 0.1) is 0 Å². The van der Waals surface area contributed by atoms with Crippen molar-refractivity contribution in [3.05, 3.63) is 41.6 Å². The molecule has 0 saturated carbocycles. The molecule has 1 aromatic carbocycles. The number of nitriles is 1. The SMILES string of the molecule is Cc1ccc(NC(=O)/C(C#N)=C\NCCN(C)C)cc1. The molecule has 5 heteroatoms. The number of amides is 1. The Morgan fingerprint density at radius 2 is 2.00 bits per heavy atom. The fourth-order valence-corrected chi connectivity index (χ4v) is 1.45. The van der Waals surface area contributed by atoms with Gasteiger partial charge in [-0.2, -0.15) is 5.26 Å². The molecule has 0 aliphatic rings. The highest BCUT2D eigenvalue weighted by molar-refractivity contribution is 6.06.